The van der Waals surface area contributed by atoms with Crippen LogP contribution in [0.15, 0.2) is 35.1 Å². The number of nitrogens with zero attached hydrogens (tertiary/aromatic N) is 4. The van der Waals surface area contributed by atoms with Gasteiger partial charge in [0.25, 0.3) is 0 Å². The van der Waals surface area contributed by atoms with Crippen LogP contribution in [0.1, 0.15) is 36.4 Å². The van der Waals surface area contributed by atoms with Crippen LogP contribution in [-0.4, -0.2) is 33.8 Å². The third kappa shape index (κ3) is 5.16. The summed E-state index contributed by atoms with van der Waals surface area (Å²) in [5, 5.41) is 8.05. The highest BCUT2D eigenvalue weighted by atomic mass is 35.5. The molecule has 2 aromatic rings. The van der Waals surface area contributed by atoms with E-state index in [1.807, 2.05) is 37.6 Å². The lowest BCUT2D eigenvalue weighted by Crippen LogP contribution is -2.26. The average molecular weight is 376 g/mol. The van der Waals surface area contributed by atoms with E-state index in [9.17, 15) is 0 Å². The Hall–Kier alpha value is -2.18. The Morgan fingerprint density at radius 2 is 2.15 bits per heavy atom. The molecule has 1 N–H and O–H groups in total. The quantitative estimate of drug-likeness (QED) is 0.329. The van der Waals surface area contributed by atoms with Crippen LogP contribution in [0.25, 0.3) is 0 Å². The zero-order valence-corrected chi connectivity index (χ0v) is 16.6. The molecule has 0 aromatic carbocycles. The Kier molecular flexibility index (Phi) is 7.36. The lowest BCUT2D eigenvalue weighted by atomic mass is 10.1. The number of hydrogen-bond donors (Lipinski definition) is 1. The summed E-state index contributed by atoms with van der Waals surface area (Å²) in [6.45, 7) is 13.7. The van der Waals surface area contributed by atoms with E-state index in [-0.39, 0.29) is 5.16 Å². The number of aryl methyl sites for hydroxylation is 2. The van der Waals surface area contributed by atoms with Crippen molar-refractivity contribution in [2.75, 3.05) is 13.2 Å². The highest BCUT2D eigenvalue weighted by Gasteiger charge is 2.19. The van der Waals surface area contributed by atoms with E-state index in [0.29, 0.717) is 31.4 Å². The normalized spacial score (nSPS) is 11.7. The molecule has 2 aromatic heterocycles. The van der Waals surface area contributed by atoms with Gasteiger partial charge in [0.2, 0.25) is 0 Å². The largest absolute Gasteiger partial charge is 0.380 e. The molecule has 0 atom stereocenters. The Morgan fingerprint density at radius 1 is 1.38 bits per heavy atom. The number of aromatic nitrogens is 3. The molecular formula is C19H26ClN5O. The molecule has 2 heterocycles. The zero-order chi connectivity index (χ0) is 19.1. The maximum Gasteiger partial charge on any atom is 0.159 e. The second kappa shape index (κ2) is 9.50. The van der Waals surface area contributed by atoms with Crippen LogP contribution in [0.3, 0.4) is 0 Å². The van der Waals surface area contributed by atoms with E-state index < -0.39 is 0 Å². The van der Waals surface area contributed by atoms with Crippen molar-refractivity contribution in [3.8, 4) is 0 Å². The van der Waals surface area contributed by atoms with Gasteiger partial charge in [0.15, 0.2) is 11.7 Å². The van der Waals surface area contributed by atoms with Crippen LogP contribution < -0.4 is 5.32 Å². The van der Waals surface area contributed by atoms with Crippen LogP contribution in [0, 0.1) is 13.8 Å². The number of nitrogens with one attached hydrogen (secondary N) is 1. The van der Waals surface area contributed by atoms with Crippen molar-refractivity contribution in [3.63, 3.8) is 0 Å². The molecule has 26 heavy (non-hydrogen) atoms. The molecule has 0 spiro atoms. The second-order valence-corrected chi connectivity index (χ2v) is 6.33. The van der Waals surface area contributed by atoms with Gasteiger partial charge >= 0.3 is 0 Å². The predicted octanol–water partition coefficient (Wildman–Crippen LogP) is 3.87. The van der Waals surface area contributed by atoms with E-state index in [4.69, 9.17) is 21.4 Å². The Labute approximate surface area is 160 Å². The van der Waals surface area contributed by atoms with Crippen molar-refractivity contribution < 1.29 is 4.74 Å². The molecule has 0 amide bonds. The number of aliphatic imine (C=N–C) groups is 1. The van der Waals surface area contributed by atoms with Crippen LogP contribution >= 0.6 is 11.6 Å². The van der Waals surface area contributed by atoms with Crippen molar-refractivity contribution in [1.82, 2.24) is 20.1 Å². The van der Waals surface area contributed by atoms with Gasteiger partial charge in [0.1, 0.15) is 10.9 Å². The summed E-state index contributed by atoms with van der Waals surface area (Å²) in [5.74, 6) is 1.17. The predicted molar refractivity (Wildman–Crippen MR) is 106 cm³/mol. The van der Waals surface area contributed by atoms with Gasteiger partial charge in [-0.1, -0.05) is 25.1 Å². The number of amidine groups is 1. The fourth-order valence-electron chi connectivity index (χ4n) is 2.66. The smallest absolute Gasteiger partial charge is 0.159 e. The minimum Gasteiger partial charge on any atom is -0.380 e. The van der Waals surface area contributed by atoms with Gasteiger partial charge in [-0.2, -0.15) is 5.10 Å². The minimum absolute atomic E-state index is 0.284. The Morgan fingerprint density at radius 3 is 2.77 bits per heavy atom. The van der Waals surface area contributed by atoms with Crippen LogP contribution in [0.2, 0.25) is 0 Å². The summed E-state index contributed by atoms with van der Waals surface area (Å²) in [6.07, 6.45) is 2.57. The van der Waals surface area contributed by atoms with Gasteiger partial charge < -0.3 is 10.1 Å². The molecule has 0 aliphatic carbocycles. The summed E-state index contributed by atoms with van der Waals surface area (Å²) in [7, 11) is 0. The highest BCUT2D eigenvalue weighted by Crippen LogP contribution is 2.18. The first-order chi connectivity index (χ1) is 12.5. The summed E-state index contributed by atoms with van der Waals surface area (Å²) >= 11 is 6.03. The maximum absolute atomic E-state index is 6.03. The van der Waals surface area contributed by atoms with E-state index >= 15 is 0 Å². The molecular weight excluding hydrogens is 350 g/mol. The van der Waals surface area contributed by atoms with Crippen molar-refractivity contribution >= 4 is 23.3 Å². The number of hydrogen-bond acceptors (Lipinski definition) is 4. The fourth-order valence-corrected chi connectivity index (χ4v) is 2.75. The molecule has 0 radical (unpaired) electrons. The van der Waals surface area contributed by atoms with E-state index in [2.05, 4.69) is 28.8 Å². The lowest BCUT2D eigenvalue weighted by Gasteiger charge is -2.13. The second-order valence-electron chi connectivity index (χ2n) is 5.88. The first-order valence-electron chi connectivity index (χ1n) is 8.73. The molecule has 2 rings (SSSR count). The highest BCUT2D eigenvalue weighted by molar-refractivity contribution is 6.30. The summed E-state index contributed by atoms with van der Waals surface area (Å²) in [5.41, 5.74) is 4.02. The number of pyridine rings is 1. The van der Waals surface area contributed by atoms with E-state index in [0.717, 1.165) is 28.9 Å². The summed E-state index contributed by atoms with van der Waals surface area (Å²) in [4.78, 5) is 8.99. The average Bonchev–Trinajstić information content (AvgIpc) is 2.90. The number of ether oxygens (including phenoxy) is 1. The van der Waals surface area contributed by atoms with Crippen LogP contribution in [-0.2, 0) is 17.7 Å². The third-order valence-corrected chi connectivity index (χ3v) is 3.97. The van der Waals surface area contributed by atoms with Crippen molar-refractivity contribution in [2.45, 2.75) is 40.7 Å². The third-order valence-electron chi connectivity index (χ3n) is 3.88. The standard InChI is InChI=1S/C19H26ClN5O/c1-6-16-14(4)18(25(24-16)10-11-26-7-2)19(22-15(5)20)23-17-12-13(3)8-9-21-17/h8-9,12H,5-7,10-11H2,1-4H3,(H,21,22,23). The van der Waals surface area contributed by atoms with Gasteiger partial charge in [0, 0.05) is 18.4 Å². The number of halogens is 1. The molecule has 0 fully saturated rings. The minimum atomic E-state index is 0.284. The fraction of sp³-hybridized carbons (Fsp3) is 0.421. The molecule has 0 aliphatic heterocycles. The monoisotopic (exact) mass is 375 g/mol. The molecule has 0 bridgehead atoms. The van der Waals surface area contributed by atoms with Crippen molar-refractivity contribution in [2.24, 2.45) is 4.99 Å². The van der Waals surface area contributed by atoms with Gasteiger partial charge in [-0.3, -0.25) is 4.68 Å². The van der Waals surface area contributed by atoms with E-state index in [1.54, 1.807) is 6.20 Å². The lowest BCUT2D eigenvalue weighted by molar-refractivity contribution is 0.136. The topological polar surface area (TPSA) is 64.3 Å². The molecule has 0 aliphatic rings. The summed E-state index contributed by atoms with van der Waals surface area (Å²) < 4.78 is 7.40. The Balaban J connectivity index is 2.52. The Bertz CT molecular complexity index is 797. The molecule has 7 heteroatoms. The zero-order valence-electron chi connectivity index (χ0n) is 15.8. The molecule has 0 unspecified atom stereocenters. The molecule has 0 saturated heterocycles. The van der Waals surface area contributed by atoms with Gasteiger partial charge in [-0.05, 0) is 44.9 Å². The number of rotatable bonds is 8. The summed E-state index contributed by atoms with van der Waals surface area (Å²) in [6, 6.07) is 3.84. The maximum atomic E-state index is 6.03. The van der Waals surface area contributed by atoms with Gasteiger partial charge in [0.05, 0.1) is 18.8 Å². The molecule has 140 valence electrons. The SMILES string of the molecule is C=C(Cl)NC(=Nc1cc(C)ccn1)c1c(C)c(CC)nn1CCOCC. The van der Waals surface area contributed by atoms with Crippen LogP contribution in [0.4, 0.5) is 5.82 Å². The van der Waals surface area contributed by atoms with E-state index in [1.165, 1.54) is 0 Å². The van der Waals surface area contributed by atoms with Crippen LogP contribution in [0.5, 0.6) is 0 Å². The molecule has 0 saturated carbocycles. The first-order valence-corrected chi connectivity index (χ1v) is 9.11. The first kappa shape index (κ1) is 20.1. The van der Waals surface area contributed by atoms with Gasteiger partial charge in [-0.15, -0.1) is 0 Å². The van der Waals surface area contributed by atoms with Crippen molar-refractivity contribution in [1.29, 1.82) is 0 Å². The van der Waals surface area contributed by atoms with Gasteiger partial charge in [-0.25, -0.2) is 9.98 Å². The van der Waals surface area contributed by atoms with Crippen molar-refractivity contribution in [3.05, 3.63) is 52.6 Å². The molecule has 6 nitrogen and oxygen atoms in total.